The van der Waals surface area contributed by atoms with Gasteiger partial charge < -0.3 is 10.5 Å². The van der Waals surface area contributed by atoms with Crippen molar-refractivity contribution in [3.63, 3.8) is 0 Å². The summed E-state index contributed by atoms with van der Waals surface area (Å²) in [5, 5.41) is 0. The SMILES string of the molecule is CCC(C)CC(CC)(CN)N(CCOC)C(C)CC. The second-order valence-electron chi connectivity index (χ2n) is 5.94. The molecule has 2 N–H and O–H groups in total. The Kier molecular flexibility index (Phi) is 9.67. The first kappa shape index (κ1) is 18.9. The molecule has 3 unspecified atom stereocenters. The summed E-state index contributed by atoms with van der Waals surface area (Å²) in [5.74, 6) is 0.720. The molecule has 0 rings (SSSR count). The third-order valence-corrected chi connectivity index (χ3v) is 4.73. The van der Waals surface area contributed by atoms with Crippen molar-refractivity contribution >= 4 is 0 Å². The molecule has 0 aliphatic carbocycles. The maximum absolute atomic E-state index is 6.20. The van der Waals surface area contributed by atoms with Gasteiger partial charge in [0.2, 0.25) is 0 Å². The molecular formula is C16H36N2O. The molecule has 0 heterocycles. The van der Waals surface area contributed by atoms with Crippen LogP contribution in [-0.4, -0.2) is 43.3 Å². The fourth-order valence-electron chi connectivity index (χ4n) is 2.94. The van der Waals surface area contributed by atoms with E-state index < -0.39 is 0 Å². The number of hydrogen-bond donors (Lipinski definition) is 1. The molecule has 0 spiro atoms. The van der Waals surface area contributed by atoms with E-state index in [0.717, 1.165) is 38.5 Å². The minimum atomic E-state index is 0.128. The van der Waals surface area contributed by atoms with E-state index in [4.69, 9.17) is 10.5 Å². The van der Waals surface area contributed by atoms with Gasteiger partial charge in [-0.3, -0.25) is 4.90 Å². The Balaban J connectivity index is 5.10. The summed E-state index contributed by atoms with van der Waals surface area (Å²) in [5.41, 5.74) is 6.33. The van der Waals surface area contributed by atoms with Gasteiger partial charge in [0.15, 0.2) is 0 Å². The smallest absolute Gasteiger partial charge is 0.0590 e. The molecule has 0 aliphatic heterocycles. The van der Waals surface area contributed by atoms with Gasteiger partial charge in [0.1, 0.15) is 0 Å². The highest BCUT2D eigenvalue weighted by molar-refractivity contribution is 4.94. The van der Waals surface area contributed by atoms with Crippen LogP contribution in [0.4, 0.5) is 0 Å². The molecule has 0 saturated carbocycles. The second-order valence-corrected chi connectivity index (χ2v) is 5.94. The quantitative estimate of drug-likeness (QED) is 0.627. The maximum Gasteiger partial charge on any atom is 0.0590 e. The Morgan fingerprint density at radius 1 is 1.16 bits per heavy atom. The Labute approximate surface area is 120 Å². The lowest BCUT2D eigenvalue weighted by Gasteiger charge is -2.47. The van der Waals surface area contributed by atoms with Crippen LogP contribution in [0.25, 0.3) is 0 Å². The van der Waals surface area contributed by atoms with Gasteiger partial charge in [-0.25, -0.2) is 0 Å². The van der Waals surface area contributed by atoms with Gasteiger partial charge in [0.05, 0.1) is 6.61 Å². The molecule has 0 saturated heterocycles. The van der Waals surface area contributed by atoms with Gasteiger partial charge in [0, 0.05) is 31.8 Å². The number of nitrogens with zero attached hydrogens (tertiary/aromatic N) is 1. The Bertz CT molecular complexity index is 217. The predicted molar refractivity (Wildman–Crippen MR) is 84.5 cm³/mol. The summed E-state index contributed by atoms with van der Waals surface area (Å²) in [4.78, 5) is 2.60. The predicted octanol–water partition coefficient (Wildman–Crippen LogP) is 3.28. The fourth-order valence-corrected chi connectivity index (χ4v) is 2.94. The van der Waals surface area contributed by atoms with Crippen LogP contribution in [0.15, 0.2) is 0 Å². The zero-order valence-electron chi connectivity index (χ0n) is 14.0. The summed E-state index contributed by atoms with van der Waals surface area (Å²) >= 11 is 0. The van der Waals surface area contributed by atoms with Crippen LogP contribution in [0.5, 0.6) is 0 Å². The standard InChI is InChI=1S/C16H36N2O/c1-7-14(4)12-16(9-3,13-17)18(10-11-19-6)15(5)8-2/h14-15H,7-13,17H2,1-6H3. The minimum absolute atomic E-state index is 0.128. The molecule has 3 heteroatoms. The molecule has 0 aromatic carbocycles. The maximum atomic E-state index is 6.20. The van der Waals surface area contributed by atoms with Crippen LogP contribution >= 0.6 is 0 Å². The zero-order valence-corrected chi connectivity index (χ0v) is 14.0. The summed E-state index contributed by atoms with van der Waals surface area (Å²) in [6, 6.07) is 0.558. The van der Waals surface area contributed by atoms with E-state index in [-0.39, 0.29) is 5.54 Å². The Morgan fingerprint density at radius 3 is 2.16 bits per heavy atom. The van der Waals surface area contributed by atoms with Crippen LogP contribution in [0, 0.1) is 5.92 Å². The highest BCUT2D eigenvalue weighted by atomic mass is 16.5. The highest BCUT2D eigenvalue weighted by Gasteiger charge is 2.36. The third kappa shape index (κ3) is 5.41. The molecule has 116 valence electrons. The monoisotopic (exact) mass is 272 g/mol. The normalized spacial score (nSPS) is 18.3. The minimum Gasteiger partial charge on any atom is -0.383 e. The molecule has 0 fully saturated rings. The summed E-state index contributed by atoms with van der Waals surface area (Å²) in [7, 11) is 1.78. The summed E-state index contributed by atoms with van der Waals surface area (Å²) in [6.07, 6.45) is 4.68. The van der Waals surface area contributed by atoms with E-state index in [9.17, 15) is 0 Å². The number of ether oxygens (including phenoxy) is 1. The lowest BCUT2D eigenvalue weighted by Crippen LogP contribution is -2.58. The Morgan fingerprint density at radius 2 is 1.79 bits per heavy atom. The topological polar surface area (TPSA) is 38.5 Å². The molecule has 19 heavy (non-hydrogen) atoms. The van der Waals surface area contributed by atoms with Gasteiger partial charge in [-0.05, 0) is 32.1 Å². The molecule has 3 atom stereocenters. The van der Waals surface area contributed by atoms with Crippen molar-refractivity contribution in [1.29, 1.82) is 0 Å². The van der Waals surface area contributed by atoms with Crippen LogP contribution in [0.3, 0.4) is 0 Å². The van der Waals surface area contributed by atoms with Gasteiger partial charge in [-0.1, -0.05) is 34.1 Å². The molecule has 0 aliphatic rings. The zero-order chi connectivity index (χ0) is 14.9. The first-order valence-corrected chi connectivity index (χ1v) is 7.96. The van der Waals surface area contributed by atoms with Crippen molar-refractivity contribution in [3.8, 4) is 0 Å². The number of nitrogens with two attached hydrogens (primary N) is 1. The van der Waals surface area contributed by atoms with Gasteiger partial charge in [-0.15, -0.1) is 0 Å². The van der Waals surface area contributed by atoms with E-state index in [0.29, 0.717) is 6.04 Å². The average molecular weight is 272 g/mol. The molecule has 0 aromatic rings. The van der Waals surface area contributed by atoms with E-state index in [1.807, 2.05) is 0 Å². The van der Waals surface area contributed by atoms with Crippen molar-refractivity contribution in [3.05, 3.63) is 0 Å². The van der Waals surface area contributed by atoms with Crippen LogP contribution < -0.4 is 5.73 Å². The number of hydrogen-bond acceptors (Lipinski definition) is 3. The largest absolute Gasteiger partial charge is 0.383 e. The second kappa shape index (κ2) is 9.73. The van der Waals surface area contributed by atoms with E-state index in [1.165, 1.54) is 12.8 Å². The molecule has 0 radical (unpaired) electrons. The third-order valence-electron chi connectivity index (χ3n) is 4.73. The summed E-state index contributed by atoms with van der Waals surface area (Å²) < 4.78 is 5.30. The lowest BCUT2D eigenvalue weighted by molar-refractivity contribution is 0.00974. The van der Waals surface area contributed by atoms with Crippen molar-refractivity contribution < 1.29 is 4.74 Å². The first-order chi connectivity index (χ1) is 9.01. The average Bonchev–Trinajstić information content (AvgIpc) is 2.45. The summed E-state index contributed by atoms with van der Waals surface area (Å²) in [6.45, 7) is 13.9. The van der Waals surface area contributed by atoms with E-state index in [1.54, 1.807) is 7.11 Å². The fraction of sp³-hybridized carbons (Fsp3) is 1.00. The van der Waals surface area contributed by atoms with Crippen molar-refractivity contribution in [2.24, 2.45) is 11.7 Å². The van der Waals surface area contributed by atoms with Crippen molar-refractivity contribution in [2.75, 3.05) is 26.8 Å². The first-order valence-electron chi connectivity index (χ1n) is 7.96. The van der Waals surface area contributed by atoms with Gasteiger partial charge in [-0.2, -0.15) is 0 Å². The molecule has 0 amide bonds. The lowest BCUT2D eigenvalue weighted by atomic mass is 9.82. The van der Waals surface area contributed by atoms with E-state index >= 15 is 0 Å². The number of methoxy groups -OCH3 is 1. The van der Waals surface area contributed by atoms with Crippen LogP contribution in [0.2, 0.25) is 0 Å². The van der Waals surface area contributed by atoms with Gasteiger partial charge in [0.25, 0.3) is 0 Å². The number of rotatable bonds is 11. The van der Waals surface area contributed by atoms with Crippen molar-refractivity contribution in [2.45, 2.75) is 71.9 Å². The molecule has 0 aromatic heterocycles. The highest BCUT2D eigenvalue weighted by Crippen LogP contribution is 2.30. The molecular weight excluding hydrogens is 236 g/mol. The molecule has 0 bridgehead atoms. The Hall–Kier alpha value is -0.120. The van der Waals surface area contributed by atoms with E-state index in [2.05, 4.69) is 39.5 Å². The molecule has 3 nitrogen and oxygen atoms in total. The van der Waals surface area contributed by atoms with Crippen LogP contribution in [0.1, 0.15) is 60.3 Å². The van der Waals surface area contributed by atoms with Crippen molar-refractivity contribution in [1.82, 2.24) is 4.90 Å². The van der Waals surface area contributed by atoms with Crippen LogP contribution in [-0.2, 0) is 4.74 Å². The van der Waals surface area contributed by atoms with Gasteiger partial charge >= 0.3 is 0 Å².